The molecule has 146 valence electrons. The number of nitrogens with one attached hydrogen (secondary N) is 2. The molecule has 0 bridgehead atoms. The standard InChI is InChI=1S/C18H23N3O4S2/c1-13-4-6-15(7-5-13)27(24,25)20-10-17(22)19-11-18(23)21(3)12-16-14(2)8-9-26-16/h4-9,20H,10-12H2,1-3H3,(H,19,22). The highest BCUT2D eigenvalue weighted by atomic mass is 32.2. The van der Waals surface area contributed by atoms with Crippen LogP contribution in [0.25, 0.3) is 0 Å². The summed E-state index contributed by atoms with van der Waals surface area (Å²) < 4.78 is 26.5. The van der Waals surface area contributed by atoms with E-state index in [2.05, 4.69) is 10.0 Å². The monoisotopic (exact) mass is 409 g/mol. The zero-order chi connectivity index (χ0) is 20.0. The topological polar surface area (TPSA) is 95.6 Å². The van der Waals surface area contributed by atoms with Gasteiger partial charge in [0, 0.05) is 11.9 Å². The molecule has 1 aromatic carbocycles. The number of benzene rings is 1. The van der Waals surface area contributed by atoms with Gasteiger partial charge in [0.05, 0.1) is 24.5 Å². The van der Waals surface area contributed by atoms with Crippen molar-refractivity contribution in [1.82, 2.24) is 14.9 Å². The number of amides is 2. The molecule has 2 aromatic rings. The van der Waals surface area contributed by atoms with Gasteiger partial charge in [-0.15, -0.1) is 11.3 Å². The van der Waals surface area contributed by atoms with E-state index in [4.69, 9.17) is 0 Å². The molecule has 9 heteroatoms. The Morgan fingerprint density at radius 2 is 1.74 bits per heavy atom. The van der Waals surface area contributed by atoms with Crippen molar-refractivity contribution in [1.29, 1.82) is 0 Å². The second-order valence-corrected chi connectivity index (χ2v) is 8.96. The summed E-state index contributed by atoms with van der Waals surface area (Å²) in [7, 11) is -2.11. The fourth-order valence-corrected chi connectivity index (χ4v) is 4.14. The number of carbonyl (C=O) groups is 2. The molecule has 0 unspecified atom stereocenters. The number of likely N-dealkylation sites (N-methyl/N-ethyl adjacent to an activating group) is 1. The summed E-state index contributed by atoms with van der Waals surface area (Å²) in [6, 6.07) is 8.29. The molecule has 0 aliphatic rings. The van der Waals surface area contributed by atoms with E-state index < -0.39 is 22.5 Å². The lowest BCUT2D eigenvalue weighted by atomic mass is 10.2. The van der Waals surface area contributed by atoms with Crippen LogP contribution < -0.4 is 10.0 Å². The summed E-state index contributed by atoms with van der Waals surface area (Å²) in [5, 5.41) is 4.40. The van der Waals surface area contributed by atoms with Crippen molar-refractivity contribution in [2.24, 2.45) is 0 Å². The maximum Gasteiger partial charge on any atom is 0.242 e. The number of nitrogens with zero attached hydrogens (tertiary/aromatic N) is 1. The highest BCUT2D eigenvalue weighted by molar-refractivity contribution is 7.89. The quantitative estimate of drug-likeness (QED) is 0.689. The lowest BCUT2D eigenvalue weighted by Gasteiger charge is -2.17. The molecule has 0 saturated heterocycles. The van der Waals surface area contributed by atoms with Crippen LogP contribution >= 0.6 is 11.3 Å². The second kappa shape index (κ2) is 9.12. The number of carbonyl (C=O) groups excluding carboxylic acids is 2. The van der Waals surface area contributed by atoms with Gasteiger partial charge in [-0.2, -0.15) is 0 Å². The number of hydrogen-bond donors (Lipinski definition) is 2. The van der Waals surface area contributed by atoms with Crippen LogP contribution in [-0.2, 0) is 26.2 Å². The molecule has 0 fully saturated rings. The SMILES string of the molecule is Cc1ccc(S(=O)(=O)NCC(=O)NCC(=O)N(C)Cc2sccc2C)cc1. The largest absolute Gasteiger partial charge is 0.346 e. The molecule has 0 atom stereocenters. The van der Waals surface area contributed by atoms with Gasteiger partial charge >= 0.3 is 0 Å². The summed E-state index contributed by atoms with van der Waals surface area (Å²) in [6.45, 7) is 3.68. The van der Waals surface area contributed by atoms with Crippen molar-refractivity contribution in [2.45, 2.75) is 25.3 Å². The zero-order valence-electron chi connectivity index (χ0n) is 15.5. The van der Waals surface area contributed by atoms with Gasteiger partial charge in [-0.1, -0.05) is 17.7 Å². The summed E-state index contributed by atoms with van der Waals surface area (Å²) in [6.07, 6.45) is 0. The van der Waals surface area contributed by atoms with Crippen molar-refractivity contribution in [3.8, 4) is 0 Å². The normalized spacial score (nSPS) is 11.2. The van der Waals surface area contributed by atoms with Gasteiger partial charge in [0.15, 0.2) is 0 Å². The summed E-state index contributed by atoms with van der Waals surface area (Å²) >= 11 is 1.57. The van der Waals surface area contributed by atoms with Crippen molar-refractivity contribution < 1.29 is 18.0 Å². The average molecular weight is 410 g/mol. The number of aryl methyl sites for hydroxylation is 2. The molecule has 1 aromatic heterocycles. The summed E-state index contributed by atoms with van der Waals surface area (Å²) in [5.41, 5.74) is 2.06. The highest BCUT2D eigenvalue weighted by Crippen LogP contribution is 2.17. The van der Waals surface area contributed by atoms with Crippen LogP contribution in [0.5, 0.6) is 0 Å². The third-order valence-corrected chi connectivity index (χ3v) is 6.39. The van der Waals surface area contributed by atoms with E-state index in [1.54, 1.807) is 30.5 Å². The molecule has 0 aliphatic carbocycles. The Morgan fingerprint density at radius 3 is 2.33 bits per heavy atom. The third kappa shape index (κ3) is 6.16. The second-order valence-electron chi connectivity index (χ2n) is 6.19. The fourth-order valence-electron chi connectivity index (χ4n) is 2.20. The van der Waals surface area contributed by atoms with Crippen LogP contribution in [0.1, 0.15) is 16.0 Å². The molecule has 2 rings (SSSR count). The Morgan fingerprint density at radius 1 is 1.07 bits per heavy atom. The van der Waals surface area contributed by atoms with Crippen LogP contribution in [0, 0.1) is 13.8 Å². The molecule has 2 N–H and O–H groups in total. The Kier molecular flexibility index (Phi) is 7.11. The van der Waals surface area contributed by atoms with Gasteiger partial charge in [0.25, 0.3) is 0 Å². The Bertz CT molecular complexity index is 905. The molecule has 0 aliphatic heterocycles. The van der Waals surface area contributed by atoms with Crippen molar-refractivity contribution in [3.63, 3.8) is 0 Å². The number of rotatable bonds is 8. The van der Waals surface area contributed by atoms with Gasteiger partial charge in [-0.3, -0.25) is 9.59 Å². The predicted octanol–water partition coefficient (Wildman–Crippen LogP) is 1.42. The number of hydrogen-bond acceptors (Lipinski definition) is 5. The molecule has 0 saturated carbocycles. The van der Waals surface area contributed by atoms with Crippen LogP contribution in [0.15, 0.2) is 40.6 Å². The Balaban J connectivity index is 1.79. The fraction of sp³-hybridized carbons (Fsp3) is 0.333. The number of sulfonamides is 1. The first-order valence-electron chi connectivity index (χ1n) is 8.29. The smallest absolute Gasteiger partial charge is 0.242 e. The maximum absolute atomic E-state index is 12.1. The molecule has 1 heterocycles. The van der Waals surface area contributed by atoms with Gasteiger partial charge in [0.1, 0.15) is 0 Å². The van der Waals surface area contributed by atoms with Crippen LogP contribution in [-0.4, -0.2) is 45.3 Å². The van der Waals surface area contributed by atoms with E-state index in [9.17, 15) is 18.0 Å². The summed E-state index contributed by atoms with van der Waals surface area (Å²) in [5.74, 6) is -0.822. The molecule has 27 heavy (non-hydrogen) atoms. The van der Waals surface area contributed by atoms with Crippen molar-refractivity contribution in [3.05, 3.63) is 51.7 Å². The molecule has 2 amide bonds. The van der Waals surface area contributed by atoms with Crippen LogP contribution in [0.4, 0.5) is 0 Å². The first kappa shape index (κ1) is 21.1. The molecular formula is C18H23N3O4S2. The minimum atomic E-state index is -3.77. The molecule has 0 spiro atoms. The highest BCUT2D eigenvalue weighted by Gasteiger charge is 2.16. The van der Waals surface area contributed by atoms with E-state index in [1.807, 2.05) is 25.3 Å². The third-order valence-electron chi connectivity index (χ3n) is 3.97. The van der Waals surface area contributed by atoms with E-state index in [-0.39, 0.29) is 17.3 Å². The van der Waals surface area contributed by atoms with Gasteiger partial charge < -0.3 is 10.2 Å². The first-order valence-corrected chi connectivity index (χ1v) is 10.7. The lowest BCUT2D eigenvalue weighted by Crippen LogP contribution is -2.42. The van der Waals surface area contributed by atoms with Gasteiger partial charge in [-0.05, 0) is 43.0 Å². The first-order chi connectivity index (χ1) is 12.7. The zero-order valence-corrected chi connectivity index (χ0v) is 17.1. The van der Waals surface area contributed by atoms with E-state index in [0.29, 0.717) is 6.54 Å². The van der Waals surface area contributed by atoms with Crippen molar-refractivity contribution in [2.75, 3.05) is 20.1 Å². The van der Waals surface area contributed by atoms with Gasteiger partial charge in [0.2, 0.25) is 21.8 Å². The van der Waals surface area contributed by atoms with Crippen molar-refractivity contribution >= 4 is 33.2 Å². The Labute approximate surface area is 163 Å². The molecular weight excluding hydrogens is 386 g/mol. The van der Waals surface area contributed by atoms with Gasteiger partial charge in [-0.25, -0.2) is 13.1 Å². The van der Waals surface area contributed by atoms with E-state index in [1.165, 1.54) is 17.0 Å². The maximum atomic E-state index is 12.1. The van der Waals surface area contributed by atoms with E-state index in [0.717, 1.165) is 16.0 Å². The predicted molar refractivity (Wildman–Crippen MR) is 105 cm³/mol. The summed E-state index contributed by atoms with van der Waals surface area (Å²) in [4.78, 5) is 26.7. The average Bonchev–Trinajstić information content (AvgIpc) is 3.03. The minimum absolute atomic E-state index is 0.0861. The molecule has 0 radical (unpaired) electrons. The minimum Gasteiger partial charge on any atom is -0.346 e. The van der Waals surface area contributed by atoms with E-state index >= 15 is 0 Å². The van der Waals surface area contributed by atoms with Crippen LogP contribution in [0.2, 0.25) is 0 Å². The molecule has 7 nitrogen and oxygen atoms in total. The number of thiophene rings is 1. The lowest BCUT2D eigenvalue weighted by molar-refractivity contribution is -0.131. The van der Waals surface area contributed by atoms with Crippen LogP contribution in [0.3, 0.4) is 0 Å². The Hall–Kier alpha value is -2.23.